The Hall–Kier alpha value is 0.716. The van der Waals surface area contributed by atoms with Crippen LogP contribution >= 0.6 is 0 Å². The van der Waals surface area contributed by atoms with Gasteiger partial charge in [-0.05, 0) is 0 Å². The SMILES string of the molecule is CC[N-]C.CC[N-]C.CC[N-]C.[C-]1=CC=CC1.[F][GeH2].[Zr+4]. The largest absolute Gasteiger partial charge is 4.00 e. The fourth-order valence-corrected chi connectivity index (χ4v) is 0.340. The standard InChI is InChI=1S/C5H5.3C3H8N.FGeH2.Zr/c1-2-4-5-3-1;3*1-3-4-2;1-2;/h1-3H,4H2;3*3H2,1-2H3;2H2;/q4*-1;;+4. The van der Waals surface area contributed by atoms with Crippen LogP contribution in [0.3, 0.4) is 0 Å². The molecule has 0 aromatic heterocycles. The van der Waals surface area contributed by atoms with Crippen LogP contribution in [0, 0.1) is 6.08 Å². The molecule has 1 radical (unpaired) electrons. The molecule has 0 unspecified atom stereocenters. The molecule has 0 amide bonds. The quantitative estimate of drug-likeness (QED) is 0.488. The number of hydrogen-bond donors (Lipinski definition) is 0. The molecule has 0 atom stereocenters. The summed E-state index contributed by atoms with van der Waals surface area (Å²) in [7, 11) is 5.42. The number of nitrogens with zero attached hydrogens (tertiary/aromatic N) is 3. The third-order valence-electron chi connectivity index (χ3n) is 1.53. The Balaban J connectivity index is -0.0000000476. The van der Waals surface area contributed by atoms with Gasteiger partial charge in [0.25, 0.3) is 0 Å². The third-order valence-corrected chi connectivity index (χ3v) is 1.53. The van der Waals surface area contributed by atoms with Gasteiger partial charge in [-0.3, -0.25) is 6.08 Å². The minimum absolute atomic E-state index is 0. The first kappa shape index (κ1) is 32.6. The second-order valence-electron chi connectivity index (χ2n) is 2.90. The van der Waals surface area contributed by atoms with Gasteiger partial charge >= 0.3 is 46.7 Å². The van der Waals surface area contributed by atoms with Crippen molar-refractivity contribution < 1.29 is 29.7 Å². The van der Waals surface area contributed by atoms with Crippen molar-refractivity contribution in [1.29, 1.82) is 0 Å². The second-order valence-corrected chi connectivity index (χ2v) is 2.90. The van der Waals surface area contributed by atoms with Gasteiger partial charge in [0.2, 0.25) is 0 Å². The van der Waals surface area contributed by atoms with Crippen molar-refractivity contribution in [3.63, 3.8) is 0 Å². The summed E-state index contributed by atoms with van der Waals surface area (Å²) in [5, 5.41) is 11.2. The zero-order chi connectivity index (χ0) is 15.8. The first-order valence-electron chi connectivity index (χ1n) is 6.40. The van der Waals surface area contributed by atoms with Gasteiger partial charge in [0.15, 0.2) is 0 Å². The van der Waals surface area contributed by atoms with Crippen LogP contribution in [0.1, 0.15) is 27.2 Å². The van der Waals surface area contributed by atoms with E-state index in [9.17, 15) is 3.50 Å². The van der Waals surface area contributed by atoms with Crippen molar-refractivity contribution in [3.05, 3.63) is 40.3 Å². The third kappa shape index (κ3) is 77.3. The van der Waals surface area contributed by atoms with E-state index in [1.54, 1.807) is 21.1 Å². The molecule has 0 spiro atoms. The average molecular weight is 424 g/mol. The van der Waals surface area contributed by atoms with Crippen LogP contribution in [0.25, 0.3) is 16.0 Å². The molecule has 0 heterocycles. The van der Waals surface area contributed by atoms with Crippen LogP contribution in [0.5, 0.6) is 0 Å². The summed E-state index contributed by atoms with van der Waals surface area (Å²) in [6.45, 7) is 8.88. The van der Waals surface area contributed by atoms with Crippen LogP contribution in [-0.2, 0) is 26.2 Å². The smallest absolute Gasteiger partial charge is 4.00 e. The summed E-state index contributed by atoms with van der Waals surface area (Å²) < 4.78 is 9.62. The molecule has 0 fully saturated rings. The van der Waals surface area contributed by atoms with Gasteiger partial charge in [-0.15, -0.1) is 6.42 Å². The Morgan fingerprint density at radius 1 is 0.950 bits per heavy atom. The van der Waals surface area contributed by atoms with Crippen LogP contribution in [-0.4, -0.2) is 57.8 Å². The number of halogens is 1. The maximum absolute atomic E-state index is 9.62. The van der Waals surface area contributed by atoms with Crippen LogP contribution in [0.4, 0.5) is 3.50 Å². The molecule has 1 rings (SSSR count). The fourth-order valence-electron chi connectivity index (χ4n) is 0.340. The minimum Gasteiger partial charge on any atom is 4.00 e. The first-order valence-corrected chi connectivity index (χ1v) is 7.52. The molecule has 1 aliphatic rings. The van der Waals surface area contributed by atoms with Crippen molar-refractivity contribution in [2.24, 2.45) is 0 Å². The average Bonchev–Trinajstić information content (AvgIpc) is 3.09. The first-order chi connectivity index (χ1) is 9.24. The molecule has 117 valence electrons. The van der Waals surface area contributed by atoms with E-state index in [-0.39, 0.29) is 43.2 Å². The molecule has 0 saturated heterocycles. The molecule has 0 bridgehead atoms. The zero-order valence-electron chi connectivity index (χ0n) is 14.0. The predicted molar refractivity (Wildman–Crippen MR) is 90.7 cm³/mol. The second kappa shape index (κ2) is 50.3. The van der Waals surface area contributed by atoms with Crippen molar-refractivity contribution in [3.8, 4) is 0 Å². The summed E-state index contributed by atoms with van der Waals surface area (Å²) in [5.41, 5.74) is 0. The predicted octanol–water partition coefficient (Wildman–Crippen LogP) is 3.84. The van der Waals surface area contributed by atoms with Gasteiger partial charge in [-0.1, -0.05) is 20.8 Å². The number of allylic oxidation sites excluding steroid dienone is 4. The van der Waals surface area contributed by atoms with Crippen molar-refractivity contribution in [2.75, 3.05) is 40.8 Å². The summed E-state index contributed by atoms with van der Waals surface area (Å²) in [5.74, 6) is 0. The summed E-state index contributed by atoms with van der Waals surface area (Å²) >= 11 is -0.125. The van der Waals surface area contributed by atoms with Gasteiger partial charge in [0, 0.05) is 0 Å². The Bertz CT molecular complexity index is 134. The van der Waals surface area contributed by atoms with E-state index in [4.69, 9.17) is 0 Å². The Morgan fingerprint density at radius 3 is 1.30 bits per heavy atom. The fraction of sp³-hybridized carbons (Fsp3) is 0.714. The van der Waals surface area contributed by atoms with E-state index in [0.717, 1.165) is 26.1 Å². The molecule has 0 N–H and O–H groups in total. The van der Waals surface area contributed by atoms with E-state index in [1.807, 2.05) is 32.9 Å². The van der Waals surface area contributed by atoms with E-state index in [1.165, 1.54) is 0 Å². The molecule has 0 saturated carbocycles. The molecular formula is C14H31FGeN3Zr. The van der Waals surface area contributed by atoms with E-state index < -0.39 is 0 Å². The van der Waals surface area contributed by atoms with Gasteiger partial charge < -0.3 is 16.0 Å². The number of rotatable bonds is 3. The van der Waals surface area contributed by atoms with Crippen LogP contribution in [0.2, 0.25) is 0 Å². The molecule has 0 aromatic rings. The molecule has 3 nitrogen and oxygen atoms in total. The van der Waals surface area contributed by atoms with Gasteiger partial charge in [0.05, 0.1) is 0 Å². The topological polar surface area (TPSA) is 42.3 Å². The maximum atomic E-state index is 9.62. The molecule has 6 heteroatoms. The minimum atomic E-state index is -0.125. The summed E-state index contributed by atoms with van der Waals surface area (Å²) in [4.78, 5) is 0. The van der Waals surface area contributed by atoms with Gasteiger partial charge in [-0.2, -0.15) is 46.9 Å². The zero-order valence-corrected chi connectivity index (χ0v) is 19.4. The monoisotopic (exact) mass is 424 g/mol. The number of hydrogen-bond acceptors (Lipinski definition) is 0. The normalized spacial score (nSPS) is 9.20. The molecule has 1 aliphatic carbocycles. The van der Waals surface area contributed by atoms with Crippen molar-refractivity contribution in [1.82, 2.24) is 0 Å². The Labute approximate surface area is 154 Å². The molecule has 0 aromatic carbocycles. The van der Waals surface area contributed by atoms with E-state index in [2.05, 4.69) is 28.1 Å². The van der Waals surface area contributed by atoms with E-state index >= 15 is 0 Å². The Morgan fingerprint density at radius 2 is 1.25 bits per heavy atom. The molecule has 0 aliphatic heterocycles. The summed E-state index contributed by atoms with van der Waals surface area (Å²) in [6, 6.07) is 0. The van der Waals surface area contributed by atoms with Crippen LogP contribution < -0.4 is 0 Å². The van der Waals surface area contributed by atoms with Crippen LogP contribution in [0.15, 0.2) is 18.2 Å². The van der Waals surface area contributed by atoms with Gasteiger partial charge in [0.1, 0.15) is 0 Å². The molecule has 20 heavy (non-hydrogen) atoms. The summed E-state index contributed by atoms with van der Waals surface area (Å²) in [6.07, 6.45) is 10.0. The maximum Gasteiger partial charge on any atom is 4.00 e. The van der Waals surface area contributed by atoms with E-state index in [0.29, 0.717) is 0 Å². The van der Waals surface area contributed by atoms with Gasteiger partial charge in [-0.25, -0.2) is 12.2 Å². The van der Waals surface area contributed by atoms with Crippen molar-refractivity contribution >= 4 is 17.0 Å². The van der Waals surface area contributed by atoms with Crippen molar-refractivity contribution in [2.45, 2.75) is 27.2 Å². The Kier molecular flexibility index (Phi) is 82.0. The molecular weight excluding hydrogens is 393 g/mol.